The molecular formula is C23H16N2S. The largest absolute Gasteiger partial charge is 0.236 e. The number of rotatable bonds is 2. The summed E-state index contributed by atoms with van der Waals surface area (Å²) < 4.78 is 1.23. The third-order valence-electron chi connectivity index (χ3n) is 4.89. The predicted molar refractivity (Wildman–Crippen MR) is 112 cm³/mol. The van der Waals surface area contributed by atoms with E-state index in [9.17, 15) is 0 Å². The topological polar surface area (TPSA) is 25.8 Å². The molecule has 124 valence electrons. The standard InChI is InChI=1S/C23H16N2S/c1-14-7-3-6-10-18(14)15(2)22-21-19-11-16-8-4-5-9-17(16)12-20(19)26-23(21)25-13-24-22/h3-13H,2H2,1H3. The van der Waals surface area contributed by atoms with Gasteiger partial charge in [0.2, 0.25) is 0 Å². The van der Waals surface area contributed by atoms with E-state index in [0.717, 1.165) is 27.0 Å². The minimum atomic E-state index is 0.922. The molecule has 0 aliphatic rings. The van der Waals surface area contributed by atoms with Gasteiger partial charge in [0, 0.05) is 21.0 Å². The second-order valence-electron chi connectivity index (χ2n) is 6.49. The SMILES string of the molecule is C=C(c1ccccc1C)c1ncnc2sc3cc4ccccc4cc3c12. The zero-order chi connectivity index (χ0) is 17.7. The summed E-state index contributed by atoms with van der Waals surface area (Å²) in [5.74, 6) is 0. The summed E-state index contributed by atoms with van der Waals surface area (Å²) in [7, 11) is 0. The molecule has 0 amide bonds. The molecular weight excluding hydrogens is 336 g/mol. The molecule has 0 saturated carbocycles. The Morgan fingerprint density at radius 1 is 0.923 bits per heavy atom. The molecule has 0 N–H and O–H groups in total. The average molecular weight is 352 g/mol. The van der Waals surface area contributed by atoms with E-state index in [1.807, 2.05) is 12.1 Å². The highest BCUT2D eigenvalue weighted by molar-refractivity contribution is 7.25. The Morgan fingerprint density at radius 2 is 1.65 bits per heavy atom. The Morgan fingerprint density at radius 3 is 2.46 bits per heavy atom. The molecule has 2 heterocycles. The van der Waals surface area contributed by atoms with Gasteiger partial charge in [0.1, 0.15) is 11.2 Å². The Hall–Kier alpha value is -3.04. The van der Waals surface area contributed by atoms with E-state index in [-0.39, 0.29) is 0 Å². The first-order valence-electron chi connectivity index (χ1n) is 8.53. The lowest BCUT2D eigenvalue weighted by Gasteiger charge is -2.10. The molecule has 2 aromatic heterocycles. The van der Waals surface area contributed by atoms with Crippen LogP contribution in [0.1, 0.15) is 16.8 Å². The zero-order valence-corrected chi connectivity index (χ0v) is 15.2. The zero-order valence-electron chi connectivity index (χ0n) is 14.4. The molecule has 0 bridgehead atoms. The van der Waals surface area contributed by atoms with E-state index in [1.165, 1.54) is 26.4 Å². The second kappa shape index (κ2) is 5.75. The fourth-order valence-electron chi connectivity index (χ4n) is 3.56. The summed E-state index contributed by atoms with van der Waals surface area (Å²) in [6.07, 6.45) is 1.65. The Bertz CT molecular complexity index is 1310. The van der Waals surface area contributed by atoms with Gasteiger partial charge in [0.05, 0.1) is 5.69 Å². The number of hydrogen-bond acceptors (Lipinski definition) is 3. The average Bonchev–Trinajstić information content (AvgIpc) is 3.03. The minimum absolute atomic E-state index is 0.922. The van der Waals surface area contributed by atoms with Crippen LogP contribution in [0.15, 0.2) is 73.6 Å². The van der Waals surface area contributed by atoms with E-state index < -0.39 is 0 Å². The summed E-state index contributed by atoms with van der Waals surface area (Å²) >= 11 is 1.72. The van der Waals surface area contributed by atoms with E-state index in [0.29, 0.717) is 0 Å². The second-order valence-corrected chi connectivity index (χ2v) is 7.52. The molecule has 0 fully saturated rings. The molecule has 0 radical (unpaired) electrons. The molecule has 0 atom stereocenters. The van der Waals surface area contributed by atoms with Gasteiger partial charge in [-0.3, -0.25) is 0 Å². The fourth-order valence-corrected chi connectivity index (χ4v) is 4.63. The summed E-state index contributed by atoms with van der Waals surface area (Å²) in [5.41, 5.74) is 4.20. The highest BCUT2D eigenvalue weighted by Crippen LogP contribution is 2.39. The van der Waals surface area contributed by atoms with Crippen LogP contribution >= 0.6 is 11.3 Å². The van der Waals surface area contributed by atoms with Crippen molar-refractivity contribution in [2.75, 3.05) is 0 Å². The number of fused-ring (bicyclic) bond motifs is 4. The fraction of sp³-hybridized carbons (Fsp3) is 0.0435. The van der Waals surface area contributed by atoms with Crippen LogP contribution < -0.4 is 0 Å². The summed E-state index contributed by atoms with van der Waals surface area (Å²) in [4.78, 5) is 10.2. The van der Waals surface area contributed by atoms with Crippen LogP contribution in [0.25, 0.3) is 36.6 Å². The van der Waals surface area contributed by atoms with Gasteiger partial charge in [-0.1, -0.05) is 55.1 Å². The third kappa shape index (κ3) is 2.25. The van der Waals surface area contributed by atoms with Gasteiger partial charge in [-0.15, -0.1) is 11.3 Å². The van der Waals surface area contributed by atoms with Gasteiger partial charge >= 0.3 is 0 Å². The first kappa shape index (κ1) is 15.2. The lowest BCUT2D eigenvalue weighted by atomic mass is 9.96. The highest BCUT2D eigenvalue weighted by atomic mass is 32.1. The lowest BCUT2D eigenvalue weighted by molar-refractivity contribution is 1.20. The first-order chi connectivity index (χ1) is 12.7. The lowest BCUT2D eigenvalue weighted by Crippen LogP contribution is -1.94. The van der Waals surface area contributed by atoms with E-state index >= 15 is 0 Å². The Labute approximate surface area is 155 Å². The van der Waals surface area contributed by atoms with Crippen LogP contribution in [0.3, 0.4) is 0 Å². The van der Waals surface area contributed by atoms with E-state index in [2.05, 4.69) is 72.0 Å². The van der Waals surface area contributed by atoms with Crippen molar-refractivity contribution in [1.82, 2.24) is 9.97 Å². The molecule has 0 unspecified atom stereocenters. The van der Waals surface area contributed by atoms with Crippen LogP contribution in [-0.2, 0) is 0 Å². The quantitative estimate of drug-likeness (QED) is 0.369. The van der Waals surface area contributed by atoms with Crippen molar-refractivity contribution in [3.05, 3.63) is 90.4 Å². The number of nitrogens with zero attached hydrogens (tertiary/aromatic N) is 2. The van der Waals surface area contributed by atoms with Crippen molar-refractivity contribution in [3.63, 3.8) is 0 Å². The predicted octanol–water partition coefficient (Wildman–Crippen LogP) is 6.37. The minimum Gasteiger partial charge on any atom is -0.236 e. The van der Waals surface area contributed by atoms with Gasteiger partial charge in [-0.2, -0.15) is 0 Å². The molecule has 3 heteroatoms. The smallest absolute Gasteiger partial charge is 0.128 e. The molecule has 26 heavy (non-hydrogen) atoms. The van der Waals surface area contributed by atoms with Crippen LogP contribution in [0.4, 0.5) is 0 Å². The third-order valence-corrected chi connectivity index (χ3v) is 5.95. The number of benzene rings is 3. The molecule has 3 aromatic carbocycles. The highest BCUT2D eigenvalue weighted by Gasteiger charge is 2.16. The normalized spacial score (nSPS) is 11.4. The van der Waals surface area contributed by atoms with Crippen molar-refractivity contribution >= 4 is 48.0 Å². The number of thiophene rings is 1. The molecule has 0 aliphatic heterocycles. The van der Waals surface area contributed by atoms with Crippen LogP contribution in [0, 0.1) is 6.92 Å². The summed E-state index contributed by atoms with van der Waals surface area (Å²) in [6, 6.07) is 21.3. The Balaban J connectivity index is 1.84. The van der Waals surface area contributed by atoms with Crippen LogP contribution in [0.2, 0.25) is 0 Å². The van der Waals surface area contributed by atoms with Gasteiger partial charge in [-0.25, -0.2) is 9.97 Å². The molecule has 0 aliphatic carbocycles. The van der Waals surface area contributed by atoms with Crippen LogP contribution in [0.5, 0.6) is 0 Å². The molecule has 2 nitrogen and oxygen atoms in total. The summed E-state index contributed by atoms with van der Waals surface area (Å²) in [6.45, 7) is 6.48. The van der Waals surface area contributed by atoms with Gasteiger partial charge in [0.15, 0.2) is 0 Å². The molecule has 5 rings (SSSR count). The van der Waals surface area contributed by atoms with E-state index in [4.69, 9.17) is 0 Å². The van der Waals surface area contributed by atoms with Gasteiger partial charge in [0.25, 0.3) is 0 Å². The maximum absolute atomic E-state index is 4.62. The maximum Gasteiger partial charge on any atom is 0.128 e. The van der Waals surface area contributed by atoms with Crippen molar-refractivity contribution in [2.24, 2.45) is 0 Å². The van der Waals surface area contributed by atoms with Gasteiger partial charge < -0.3 is 0 Å². The van der Waals surface area contributed by atoms with Gasteiger partial charge in [-0.05, 0) is 41.0 Å². The molecule has 0 spiro atoms. The van der Waals surface area contributed by atoms with E-state index in [1.54, 1.807) is 17.7 Å². The molecule has 0 saturated heterocycles. The number of hydrogen-bond donors (Lipinski definition) is 0. The molecule has 5 aromatic rings. The maximum atomic E-state index is 4.62. The van der Waals surface area contributed by atoms with Crippen molar-refractivity contribution in [1.29, 1.82) is 0 Å². The first-order valence-corrected chi connectivity index (χ1v) is 9.35. The van der Waals surface area contributed by atoms with Crippen molar-refractivity contribution in [2.45, 2.75) is 6.92 Å². The number of aromatic nitrogens is 2. The number of aryl methyl sites for hydroxylation is 1. The van der Waals surface area contributed by atoms with Crippen LogP contribution in [-0.4, -0.2) is 9.97 Å². The summed E-state index contributed by atoms with van der Waals surface area (Å²) in [5, 5.41) is 4.79. The van der Waals surface area contributed by atoms with Crippen molar-refractivity contribution < 1.29 is 0 Å². The van der Waals surface area contributed by atoms with Crippen molar-refractivity contribution in [3.8, 4) is 0 Å². The monoisotopic (exact) mass is 352 g/mol. The Kier molecular flexibility index (Phi) is 3.37.